The van der Waals surface area contributed by atoms with E-state index in [0.717, 1.165) is 5.75 Å². The Labute approximate surface area is 156 Å². The van der Waals surface area contributed by atoms with Crippen molar-refractivity contribution in [2.24, 2.45) is 0 Å². The molecule has 0 aromatic heterocycles. The molecule has 1 nitrogen and oxygen atoms in total. The number of hydrogen-bond acceptors (Lipinski definition) is 1. The van der Waals surface area contributed by atoms with Crippen molar-refractivity contribution in [3.63, 3.8) is 0 Å². The first-order valence-electron chi connectivity index (χ1n) is 7.50. The third-order valence-corrected chi connectivity index (χ3v) is 8.23. The van der Waals surface area contributed by atoms with Crippen LogP contribution in [-0.2, 0) is 0 Å². The summed E-state index contributed by atoms with van der Waals surface area (Å²) in [5.41, 5.74) is 2.55. The number of ether oxygens (including phenoxy) is 1. The van der Waals surface area contributed by atoms with Gasteiger partial charge >= 0.3 is 157 Å². The Hall–Kier alpha value is -1.29. The van der Waals surface area contributed by atoms with Crippen LogP contribution in [0, 0.1) is 6.92 Å². The van der Waals surface area contributed by atoms with Crippen LogP contribution in [0.4, 0.5) is 0 Å². The molecule has 114 valence electrons. The van der Waals surface area contributed by atoms with Crippen molar-refractivity contribution in [3.8, 4) is 5.75 Å². The first-order chi connectivity index (χ1) is 11.2. The first kappa shape index (κ1) is 15.2. The summed E-state index contributed by atoms with van der Waals surface area (Å²) in [6.45, 7) is 2.84. The van der Waals surface area contributed by atoms with E-state index in [1.54, 1.807) is 0 Å². The summed E-state index contributed by atoms with van der Waals surface area (Å²) in [5, 5.41) is 2.69. The zero-order chi connectivity index (χ0) is 15.8. The van der Waals surface area contributed by atoms with Gasteiger partial charge in [-0.2, -0.15) is 0 Å². The molecule has 0 N–H and O–H groups in total. The first-order valence-corrected chi connectivity index (χ1v) is 10.3. The van der Waals surface area contributed by atoms with Crippen molar-refractivity contribution in [2.75, 3.05) is 6.61 Å². The molecule has 0 aliphatic carbocycles. The van der Waals surface area contributed by atoms with E-state index in [9.17, 15) is 0 Å². The molecule has 3 aromatic carbocycles. The summed E-state index contributed by atoms with van der Waals surface area (Å²) in [6.07, 6.45) is 0. The molecule has 1 aliphatic rings. The van der Waals surface area contributed by atoms with Crippen LogP contribution in [0.1, 0.15) is 11.1 Å². The third kappa shape index (κ3) is 2.93. The zero-order valence-corrected chi connectivity index (χ0v) is 16.5. The normalized spacial score (nSPS) is 13.8. The Morgan fingerprint density at radius 2 is 1.83 bits per heavy atom. The Morgan fingerprint density at radius 3 is 2.74 bits per heavy atom. The van der Waals surface area contributed by atoms with Gasteiger partial charge in [0.2, 0.25) is 0 Å². The Kier molecular flexibility index (Phi) is 4.18. The van der Waals surface area contributed by atoms with Crippen molar-refractivity contribution in [3.05, 3.63) is 75.4 Å². The van der Waals surface area contributed by atoms with E-state index >= 15 is 0 Å². The molecule has 0 amide bonds. The van der Waals surface area contributed by atoms with Crippen molar-refractivity contribution in [2.45, 2.75) is 6.92 Å². The average molecular weight is 477 g/mol. The van der Waals surface area contributed by atoms with Gasteiger partial charge in [-0.05, 0) is 0 Å². The van der Waals surface area contributed by atoms with Gasteiger partial charge in [-0.1, -0.05) is 0 Å². The Bertz CT molecular complexity index is 925. The maximum absolute atomic E-state index is 5.89. The molecule has 1 aliphatic heterocycles. The summed E-state index contributed by atoms with van der Waals surface area (Å²) in [7, 11) is 0. The molecule has 0 bridgehead atoms. The van der Waals surface area contributed by atoms with Crippen LogP contribution in [0.5, 0.6) is 5.75 Å². The fourth-order valence-electron chi connectivity index (χ4n) is 2.80. The fourth-order valence-corrected chi connectivity index (χ4v) is 6.13. The second-order valence-corrected chi connectivity index (χ2v) is 9.11. The van der Waals surface area contributed by atoms with E-state index < -0.39 is 0 Å². The van der Waals surface area contributed by atoms with Crippen molar-refractivity contribution < 1.29 is 4.74 Å². The predicted molar refractivity (Wildman–Crippen MR) is 107 cm³/mol. The summed E-state index contributed by atoms with van der Waals surface area (Å²) >= 11 is 2.72. The van der Waals surface area contributed by atoms with Gasteiger partial charge in [0.15, 0.2) is 0 Å². The van der Waals surface area contributed by atoms with E-state index in [4.69, 9.17) is 4.74 Å². The van der Waals surface area contributed by atoms with Gasteiger partial charge in [0.25, 0.3) is 0 Å². The minimum absolute atomic E-state index is 0.268. The molecule has 23 heavy (non-hydrogen) atoms. The van der Waals surface area contributed by atoms with E-state index in [0.29, 0.717) is 6.61 Å². The molecule has 0 spiro atoms. The van der Waals surface area contributed by atoms with Crippen LogP contribution in [0.25, 0.3) is 15.2 Å². The minimum atomic E-state index is 0.268. The van der Waals surface area contributed by atoms with Crippen LogP contribution < -0.4 is 9.20 Å². The summed E-state index contributed by atoms with van der Waals surface area (Å²) in [5.74, 6) is 1.02. The van der Waals surface area contributed by atoms with Crippen LogP contribution >= 0.6 is 22.6 Å². The molecule has 0 saturated carbocycles. The maximum atomic E-state index is 5.89. The van der Waals surface area contributed by atoms with Crippen LogP contribution in [0.15, 0.2) is 64.2 Å². The van der Waals surface area contributed by atoms with Crippen molar-refractivity contribution in [1.82, 2.24) is 0 Å². The quantitative estimate of drug-likeness (QED) is 0.385. The van der Waals surface area contributed by atoms with Gasteiger partial charge in [-0.3, -0.25) is 0 Å². The number of halogens is 1. The van der Waals surface area contributed by atoms with Crippen molar-refractivity contribution in [1.29, 1.82) is 0 Å². The number of benzene rings is 3. The second kappa shape index (κ2) is 6.31. The summed E-state index contributed by atoms with van der Waals surface area (Å²) in [6, 6.07) is 21.8. The van der Waals surface area contributed by atoms with E-state index in [1.165, 1.54) is 34.4 Å². The molecule has 3 aromatic rings. The standard InChI is InChI=1S/C20H15IOSe/c1-13-9-10-18-16(11-13)20(17(21)12-22-18)23-19-8-4-6-14-5-2-3-7-15(14)19/h2-11H,12H2,1H3. The van der Waals surface area contributed by atoms with E-state index in [-0.39, 0.29) is 15.0 Å². The fraction of sp³-hybridized carbons (Fsp3) is 0.100. The SMILES string of the molecule is Cc1ccc2c(c1)C([Se]c1cccc3ccccc13)=C(I)CO2. The molecule has 0 radical (unpaired) electrons. The second-order valence-electron chi connectivity index (χ2n) is 5.60. The summed E-state index contributed by atoms with van der Waals surface area (Å²) in [4.78, 5) is 0. The van der Waals surface area contributed by atoms with Gasteiger partial charge in [0.05, 0.1) is 0 Å². The number of rotatable bonds is 2. The van der Waals surface area contributed by atoms with Gasteiger partial charge in [0, 0.05) is 0 Å². The third-order valence-electron chi connectivity index (χ3n) is 3.94. The van der Waals surface area contributed by atoms with Gasteiger partial charge in [-0.25, -0.2) is 0 Å². The van der Waals surface area contributed by atoms with E-state index in [2.05, 4.69) is 90.2 Å². The van der Waals surface area contributed by atoms with E-state index in [1.807, 2.05) is 0 Å². The van der Waals surface area contributed by atoms with Crippen molar-refractivity contribution >= 4 is 57.3 Å². The molecular formula is C20H15IOSe. The molecule has 3 heteroatoms. The zero-order valence-electron chi connectivity index (χ0n) is 12.7. The molecule has 4 rings (SSSR count). The molecule has 0 fully saturated rings. The molecular weight excluding hydrogens is 462 g/mol. The van der Waals surface area contributed by atoms with Gasteiger partial charge in [0.1, 0.15) is 0 Å². The Balaban J connectivity index is 1.83. The Morgan fingerprint density at radius 1 is 1.00 bits per heavy atom. The average Bonchev–Trinajstić information content (AvgIpc) is 2.58. The van der Waals surface area contributed by atoms with Gasteiger partial charge in [-0.15, -0.1) is 0 Å². The molecule has 1 heterocycles. The molecule has 0 unspecified atom stereocenters. The van der Waals surface area contributed by atoms with Crippen LogP contribution in [0.2, 0.25) is 0 Å². The number of aryl methyl sites for hydroxylation is 1. The molecule has 0 saturated heterocycles. The topological polar surface area (TPSA) is 9.23 Å². The number of fused-ring (bicyclic) bond motifs is 2. The van der Waals surface area contributed by atoms with Gasteiger partial charge < -0.3 is 0 Å². The molecule has 0 atom stereocenters. The number of hydrogen-bond donors (Lipinski definition) is 0. The van der Waals surface area contributed by atoms with Crippen LogP contribution in [-0.4, -0.2) is 21.6 Å². The predicted octanol–water partition coefficient (Wildman–Crippen LogP) is 4.67. The monoisotopic (exact) mass is 478 g/mol. The van der Waals surface area contributed by atoms with Crippen LogP contribution in [0.3, 0.4) is 0 Å². The summed E-state index contributed by atoms with van der Waals surface area (Å²) < 4.78 is 10.1.